The molecule has 1 heterocycles. The van der Waals surface area contributed by atoms with Crippen LogP contribution in [-0.4, -0.2) is 76.1 Å². The van der Waals surface area contributed by atoms with E-state index in [4.69, 9.17) is 10.5 Å². The molecule has 1 aliphatic rings. The summed E-state index contributed by atoms with van der Waals surface area (Å²) in [6.45, 7) is 5.59. The fraction of sp³-hybridized carbons (Fsp3) is 0.452. The van der Waals surface area contributed by atoms with Crippen molar-refractivity contribution in [2.24, 2.45) is 5.73 Å². The summed E-state index contributed by atoms with van der Waals surface area (Å²) in [7, 11) is 0. The molecule has 3 rings (SSSR count). The average Bonchev–Trinajstić information content (AvgIpc) is 3.45. The molecule has 0 saturated carbocycles. The molecular weight excluding hydrogens is 554 g/mol. The normalized spacial score (nSPS) is 16.8. The lowest BCUT2D eigenvalue weighted by Crippen LogP contribution is -2.59. The molecule has 12 heteroatoms. The van der Waals surface area contributed by atoms with Crippen molar-refractivity contribution in [1.29, 1.82) is 0 Å². The minimum atomic E-state index is -1.74. The molecule has 2 aromatic carbocycles. The van der Waals surface area contributed by atoms with Crippen LogP contribution in [0, 0.1) is 0 Å². The molecule has 12 nitrogen and oxygen atoms in total. The summed E-state index contributed by atoms with van der Waals surface area (Å²) in [5.41, 5.74) is 6.14. The van der Waals surface area contributed by atoms with Gasteiger partial charge in [-0.25, -0.2) is 9.59 Å². The van der Waals surface area contributed by atoms with E-state index in [9.17, 15) is 29.1 Å². The van der Waals surface area contributed by atoms with Crippen LogP contribution >= 0.6 is 0 Å². The summed E-state index contributed by atoms with van der Waals surface area (Å²) < 4.78 is 5.48. The highest BCUT2D eigenvalue weighted by atomic mass is 16.6. The molecule has 2 aromatic rings. The van der Waals surface area contributed by atoms with Crippen molar-refractivity contribution in [3.05, 3.63) is 71.8 Å². The minimum absolute atomic E-state index is 0.0495. The van der Waals surface area contributed by atoms with Crippen LogP contribution in [0.4, 0.5) is 4.79 Å². The molecule has 4 atom stereocenters. The Hall–Kier alpha value is -4.45. The Labute approximate surface area is 251 Å². The maximum absolute atomic E-state index is 13.5. The number of hydrogen-bond acceptors (Lipinski definition) is 7. The van der Waals surface area contributed by atoms with Gasteiger partial charge in [-0.15, -0.1) is 0 Å². The van der Waals surface area contributed by atoms with E-state index in [0.29, 0.717) is 18.4 Å². The van der Waals surface area contributed by atoms with Crippen molar-refractivity contribution in [3.63, 3.8) is 0 Å². The number of benzene rings is 2. The molecule has 43 heavy (non-hydrogen) atoms. The van der Waals surface area contributed by atoms with Crippen LogP contribution in [-0.2, 0) is 36.9 Å². The fourth-order valence-electron chi connectivity index (χ4n) is 4.78. The molecule has 232 valence electrons. The fourth-order valence-corrected chi connectivity index (χ4v) is 4.78. The second-order valence-corrected chi connectivity index (χ2v) is 11.5. The van der Waals surface area contributed by atoms with Gasteiger partial charge in [-0.1, -0.05) is 60.7 Å². The highest BCUT2D eigenvalue weighted by Crippen LogP contribution is 2.23. The van der Waals surface area contributed by atoms with Gasteiger partial charge >= 0.3 is 12.0 Å². The molecule has 1 fully saturated rings. The monoisotopic (exact) mass is 595 g/mol. The summed E-state index contributed by atoms with van der Waals surface area (Å²) in [6, 6.07) is 13.9. The number of primary amides is 1. The third-order valence-electron chi connectivity index (χ3n) is 6.80. The van der Waals surface area contributed by atoms with Gasteiger partial charge in [0.15, 0.2) is 6.10 Å². The average molecular weight is 596 g/mol. The second kappa shape index (κ2) is 15.1. The van der Waals surface area contributed by atoms with E-state index >= 15 is 0 Å². The molecule has 6 N–H and O–H groups in total. The standard InChI is InChI=1S/C31H41N5O7/c1-31(2,3)43-29(41)24-15-10-16-36(24)28(40)26(38)22(17-20-11-6-4-7-12-20)34-27(39)23(18-25(32)37)35-30(42)33-19-21-13-8-5-9-14-21/h4-9,11-14,22-24,26,38H,10,15-19H2,1-3H3,(H2,32,37)(H,34,39)(H2,33,35,42)/t22-,23-,24-,26?/m0/s1. The first-order valence-electron chi connectivity index (χ1n) is 14.3. The van der Waals surface area contributed by atoms with Gasteiger partial charge in [-0.2, -0.15) is 0 Å². The van der Waals surface area contributed by atoms with E-state index in [1.54, 1.807) is 51.1 Å². The Morgan fingerprint density at radius 3 is 2.16 bits per heavy atom. The van der Waals surface area contributed by atoms with E-state index in [1.165, 1.54) is 4.90 Å². The molecule has 5 amide bonds. The number of nitrogens with zero attached hydrogens (tertiary/aromatic N) is 1. The van der Waals surface area contributed by atoms with Crippen LogP contribution in [0.15, 0.2) is 60.7 Å². The van der Waals surface area contributed by atoms with Crippen LogP contribution in [0.25, 0.3) is 0 Å². The van der Waals surface area contributed by atoms with Gasteiger partial charge in [-0.3, -0.25) is 14.4 Å². The van der Waals surface area contributed by atoms with Crippen LogP contribution in [0.2, 0.25) is 0 Å². The number of urea groups is 1. The smallest absolute Gasteiger partial charge is 0.329 e. The summed E-state index contributed by atoms with van der Waals surface area (Å²) in [6.07, 6.45) is -1.28. The first-order chi connectivity index (χ1) is 20.3. The lowest BCUT2D eigenvalue weighted by molar-refractivity contribution is -0.165. The predicted molar refractivity (Wildman–Crippen MR) is 158 cm³/mol. The van der Waals surface area contributed by atoms with Crippen molar-refractivity contribution in [1.82, 2.24) is 20.9 Å². The van der Waals surface area contributed by atoms with E-state index < -0.39 is 66.0 Å². The quantitative estimate of drug-likeness (QED) is 0.228. The molecule has 0 aromatic heterocycles. The summed E-state index contributed by atoms with van der Waals surface area (Å²) in [5.74, 6) is -2.96. The summed E-state index contributed by atoms with van der Waals surface area (Å²) in [4.78, 5) is 65.4. The van der Waals surface area contributed by atoms with Gasteiger partial charge in [0, 0.05) is 13.1 Å². The number of hydrogen-bond donors (Lipinski definition) is 5. The number of carbonyl (C=O) groups is 5. The first kappa shape index (κ1) is 33.1. The van der Waals surface area contributed by atoms with E-state index in [2.05, 4.69) is 16.0 Å². The highest BCUT2D eigenvalue weighted by molar-refractivity contribution is 5.92. The maximum atomic E-state index is 13.5. The molecule has 0 spiro atoms. The maximum Gasteiger partial charge on any atom is 0.329 e. The molecular formula is C31H41N5O7. The Morgan fingerprint density at radius 1 is 0.977 bits per heavy atom. The Morgan fingerprint density at radius 2 is 1.58 bits per heavy atom. The van der Waals surface area contributed by atoms with Crippen LogP contribution in [0.1, 0.15) is 51.2 Å². The van der Waals surface area contributed by atoms with Gasteiger partial charge in [0.2, 0.25) is 11.8 Å². The number of carbonyl (C=O) groups excluding carboxylic acids is 5. The Bertz CT molecular complexity index is 1270. The first-order valence-corrected chi connectivity index (χ1v) is 14.3. The van der Waals surface area contributed by atoms with Crippen molar-refractivity contribution in [2.45, 2.75) is 82.8 Å². The van der Waals surface area contributed by atoms with Crippen LogP contribution < -0.4 is 21.7 Å². The predicted octanol–water partition coefficient (Wildman–Crippen LogP) is 1.15. The zero-order valence-corrected chi connectivity index (χ0v) is 24.7. The molecule has 1 saturated heterocycles. The second-order valence-electron chi connectivity index (χ2n) is 11.5. The molecule has 0 aliphatic carbocycles. The van der Waals surface area contributed by atoms with E-state index in [1.807, 2.05) is 30.3 Å². The lowest BCUT2D eigenvalue weighted by atomic mass is 9.99. The van der Waals surface area contributed by atoms with Crippen molar-refractivity contribution >= 4 is 29.7 Å². The van der Waals surface area contributed by atoms with E-state index in [-0.39, 0.29) is 19.5 Å². The van der Waals surface area contributed by atoms with Gasteiger partial charge in [0.25, 0.3) is 5.91 Å². The van der Waals surface area contributed by atoms with E-state index in [0.717, 1.165) is 5.56 Å². The number of nitrogens with one attached hydrogen (secondary N) is 3. The molecule has 0 radical (unpaired) electrons. The number of nitrogens with two attached hydrogens (primary N) is 1. The number of ether oxygens (including phenoxy) is 1. The number of amides is 5. The minimum Gasteiger partial charge on any atom is -0.458 e. The number of aliphatic hydroxyl groups is 1. The van der Waals surface area contributed by atoms with Crippen molar-refractivity contribution in [3.8, 4) is 0 Å². The number of esters is 1. The summed E-state index contributed by atoms with van der Waals surface area (Å²) >= 11 is 0. The van der Waals surface area contributed by atoms with Crippen molar-refractivity contribution in [2.75, 3.05) is 6.54 Å². The van der Waals surface area contributed by atoms with Gasteiger partial charge in [0.1, 0.15) is 17.7 Å². The zero-order chi connectivity index (χ0) is 31.6. The van der Waals surface area contributed by atoms with Gasteiger partial charge in [-0.05, 0) is 51.2 Å². The molecule has 1 aliphatic heterocycles. The topological polar surface area (TPSA) is 180 Å². The molecule has 1 unspecified atom stereocenters. The third-order valence-corrected chi connectivity index (χ3v) is 6.80. The third kappa shape index (κ3) is 10.4. The van der Waals surface area contributed by atoms with Crippen LogP contribution in [0.5, 0.6) is 0 Å². The largest absolute Gasteiger partial charge is 0.458 e. The van der Waals surface area contributed by atoms with Crippen LogP contribution in [0.3, 0.4) is 0 Å². The van der Waals surface area contributed by atoms with Gasteiger partial charge < -0.3 is 36.4 Å². The number of aliphatic hydroxyl groups excluding tert-OH is 1. The SMILES string of the molecule is CC(C)(C)OC(=O)[C@@H]1CCCN1C(=O)C(O)[C@H](Cc1ccccc1)NC(=O)[C@H](CC(N)=O)NC(=O)NCc1ccccc1. The lowest BCUT2D eigenvalue weighted by Gasteiger charge is -2.32. The zero-order valence-electron chi connectivity index (χ0n) is 24.7. The van der Waals surface area contributed by atoms with Gasteiger partial charge in [0.05, 0.1) is 12.5 Å². The number of rotatable bonds is 12. The van der Waals surface area contributed by atoms with Crippen molar-refractivity contribution < 1.29 is 33.8 Å². The summed E-state index contributed by atoms with van der Waals surface area (Å²) in [5, 5.41) is 19.0. The molecule has 0 bridgehead atoms. The highest BCUT2D eigenvalue weighted by Gasteiger charge is 2.41. The Kier molecular flexibility index (Phi) is 11.6. The Balaban J connectivity index is 1.76. The number of likely N-dealkylation sites (tertiary alicyclic amines) is 1.